The summed E-state index contributed by atoms with van der Waals surface area (Å²) in [6, 6.07) is 3.29. The monoisotopic (exact) mass is 283 g/mol. The molecule has 4 nitrogen and oxygen atoms in total. The van der Waals surface area contributed by atoms with Crippen molar-refractivity contribution >= 4 is 23.3 Å². The van der Waals surface area contributed by atoms with Crippen LogP contribution in [0.2, 0.25) is 5.15 Å². The summed E-state index contributed by atoms with van der Waals surface area (Å²) in [4.78, 5) is 16.2. The maximum absolute atomic E-state index is 12.1. The van der Waals surface area contributed by atoms with Crippen molar-refractivity contribution in [3.8, 4) is 0 Å². The summed E-state index contributed by atoms with van der Waals surface area (Å²) in [5.74, 6) is 0.500. The number of carbonyl (C=O) groups is 1. The molecule has 5 heteroatoms. The van der Waals surface area contributed by atoms with Crippen molar-refractivity contribution in [1.29, 1.82) is 0 Å². The summed E-state index contributed by atoms with van der Waals surface area (Å²) in [5, 5.41) is 6.30. The molecule has 0 aliphatic carbocycles. The van der Waals surface area contributed by atoms with Gasteiger partial charge in [-0.1, -0.05) is 32.4 Å². The Morgan fingerprint density at radius 2 is 2.05 bits per heavy atom. The predicted molar refractivity (Wildman–Crippen MR) is 79.8 cm³/mol. The summed E-state index contributed by atoms with van der Waals surface area (Å²) >= 11 is 5.92. The van der Waals surface area contributed by atoms with Crippen LogP contribution in [0.1, 0.15) is 44.5 Å². The first-order valence-corrected chi connectivity index (χ1v) is 6.95. The van der Waals surface area contributed by atoms with Gasteiger partial charge in [-0.05, 0) is 30.9 Å². The van der Waals surface area contributed by atoms with Gasteiger partial charge in [0.25, 0.3) is 5.91 Å². The second-order valence-electron chi connectivity index (χ2n) is 5.29. The summed E-state index contributed by atoms with van der Waals surface area (Å²) in [6.07, 6.45) is 1.01. The van der Waals surface area contributed by atoms with E-state index in [1.165, 1.54) is 0 Å². The van der Waals surface area contributed by atoms with Gasteiger partial charge < -0.3 is 10.6 Å². The number of rotatable bonds is 6. The van der Waals surface area contributed by atoms with Gasteiger partial charge in [0.2, 0.25) is 0 Å². The van der Waals surface area contributed by atoms with Gasteiger partial charge in [-0.15, -0.1) is 0 Å². The van der Waals surface area contributed by atoms with E-state index in [4.69, 9.17) is 11.6 Å². The van der Waals surface area contributed by atoms with Crippen molar-refractivity contribution in [2.24, 2.45) is 5.41 Å². The minimum absolute atomic E-state index is 0.0942. The second-order valence-corrected chi connectivity index (χ2v) is 5.68. The van der Waals surface area contributed by atoms with Gasteiger partial charge >= 0.3 is 0 Å². The largest absolute Gasteiger partial charge is 0.370 e. The van der Waals surface area contributed by atoms with Gasteiger partial charge in [0, 0.05) is 18.7 Å². The lowest BCUT2D eigenvalue weighted by Crippen LogP contribution is -2.33. The molecule has 2 N–H and O–H groups in total. The minimum atomic E-state index is -0.120. The van der Waals surface area contributed by atoms with E-state index in [9.17, 15) is 4.79 Å². The van der Waals surface area contributed by atoms with Crippen LogP contribution in [-0.2, 0) is 0 Å². The molecule has 0 aliphatic heterocycles. The van der Waals surface area contributed by atoms with E-state index in [-0.39, 0.29) is 11.3 Å². The molecule has 0 aliphatic rings. The molecule has 106 valence electrons. The van der Waals surface area contributed by atoms with Crippen molar-refractivity contribution in [2.75, 3.05) is 18.4 Å². The Hall–Kier alpha value is -1.29. The maximum atomic E-state index is 12.1. The third-order valence-electron chi connectivity index (χ3n) is 3.10. The van der Waals surface area contributed by atoms with Gasteiger partial charge in [0.15, 0.2) is 0 Å². The van der Waals surface area contributed by atoms with Crippen LogP contribution in [0.3, 0.4) is 0 Å². The number of halogens is 1. The third kappa shape index (κ3) is 5.07. The van der Waals surface area contributed by atoms with E-state index in [1.807, 2.05) is 6.92 Å². The lowest BCUT2D eigenvalue weighted by molar-refractivity contribution is 0.0935. The fraction of sp³-hybridized carbons (Fsp3) is 0.571. The smallest absolute Gasteiger partial charge is 0.251 e. The molecule has 1 aromatic rings. The van der Waals surface area contributed by atoms with Gasteiger partial charge in [0.05, 0.1) is 0 Å². The first-order chi connectivity index (χ1) is 8.88. The van der Waals surface area contributed by atoms with Gasteiger partial charge in [0.1, 0.15) is 11.0 Å². The first kappa shape index (κ1) is 15.8. The van der Waals surface area contributed by atoms with Crippen LogP contribution in [-0.4, -0.2) is 24.0 Å². The minimum Gasteiger partial charge on any atom is -0.370 e. The van der Waals surface area contributed by atoms with Crippen LogP contribution in [0, 0.1) is 5.41 Å². The lowest BCUT2D eigenvalue weighted by atomic mass is 9.90. The molecule has 0 aromatic carbocycles. The van der Waals surface area contributed by atoms with Crippen LogP contribution in [0.5, 0.6) is 0 Å². The van der Waals surface area contributed by atoms with Gasteiger partial charge in [-0.25, -0.2) is 4.98 Å². The van der Waals surface area contributed by atoms with E-state index < -0.39 is 0 Å². The Balaban J connectivity index is 2.76. The number of hydrogen-bond donors (Lipinski definition) is 2. The molecule has 0 radical (unpaired) electrons. The van der Waals surface area contributed by atoms with Gasteiger partial charge in [-0.3, -0.25) is 4.79 Å². The zero-order valence-corrected chi connectivity index (χ0v) is 12.8. The van der Waals surface area contributed by atoms with Crippen LogP contribution in [0.25, 0.3) is 0 Å². The number of hydrogen-bond acceptors (Lipinski definition) is 3. The molecule has 1 rings (SSSR count). The highest BCUT2D eigenvalue weighted by molar-refractivity contribution is 6.29. The third-order valence-corrected chi connectivity index (χ3v) is 3.29. The Kier molecular flexibility index (Phi) is 5.60. The lowest BCUT2D eigenvalue weighted by Gasteiger charge is -2.22. The molecule has 0 saturated heterocycles. The molecule has 0 fully saturated rings. The SMILES string of the molecule is CCNc1cc(C(=O)NCC(C)(C)CC)cc(Cl)n1. The van der Waals surface area contributed by atoms with Crippen molar-refractivity contribution in [2.45, 2.75) is 34.1 Å². The molecular formula is C14H22ClN3O. The number of pyridine rings is 1. The fourth-order valence-corrected chi connectivity index (χ4v) is 1.65. The highest BCUT2D eigenvalue weighted by Crippen LogP contribution is 2.19. The Labute approximate surface area is 120 Å². The fourth-order valence-electron chi connectivity index (χ4n) is 1.45. The summed E-state index contributed by atoms with van der Waals surface area (Å²) in [5.41, 5.74) is 0.625. The van der Waals surface area contributed by atoms with E-state index in [2.05, 4.69) is 36.4 Å². The van der Waals surface area contributed by atoms with E-state index in [0.717, 1.165) is 13.0 Å². The highest BCUT2D eigenvalue weighted by atomic mass is 35.5. The molecular weight excluding hydrogens is 262 g/mol. The van der Waals surface area contributed by atoms with Crippen molar-refractivity contribution in [1.82, 2.24) is 10.3 Å². The summed E-state index contributed by atoms with van der Waals surface area (Å²) < 4.78 is 0. The predicted octanol–water partition coefficient (Wildman–Crippen LogP) is 3.33. The normalized spacial score (nSPS) is 11.2. The zero-order valence-electron chi connectivity index (χ0n) is 12.0. The maximum Gasteiger partial charge on any atom is 0.251 e. The molecule has 1 aromatic heterocycles. The van der Waals surface area contributed by atoms with Crippen molar-refractivity contribution in [3.63, 3.8) is 0 Å². The summed E-state index contributed by atoms with van der Waals surface area (Å²) in [7, 11) is 0. The summed E-state index contributed by atoms with van der Waals surface area (Å²) in [6.45, 7) is 9.69. The molecule has 0 spiro atoms. The van der Waals surface area contributed by atoms with E-state index in [0.29, 0.717) is 23.1 Å². The molecule has 19 heavy (non-hydrogen) atoms. The van der Waals surface area contributed by atoms with Crippen LogP contribution in [0.4, 0.5) is 5.82 Å². The molecule has 0 atom stereocenters. The number of aromatic nitrogens is 1. The average molecular weight is 284 g/mol. The van der Waals surface area contributed by atoms with Gasteiger partial charge in [-0.2, -0.15) is 0 Å². The van der Waals surface area contributed by atoms with E-state index in [1.54, 1.807) is 12.1 Å². The molecule has 0 unspecified atom stereocenters. The van der Waals surface area contributed by atoms with E-state index >= 15 is 0 Å². The number of amides is 1. The molecule has 0 bridgehead atoms. The van der Waals surface area contributed by atoms with Crippen LogP contribution in [0.15, 0.2) is 12.1 Å². The Morgan fingerprint density at radius 1 is 1.37 bits per heavy atom. The zero-order chi connectivity index (χ0) is 14.5. The molecule has 1 heterocycles. The van der Waals surface area contributed by atoms with Crippen LogP contribution < -0.4 is 10.6 Å². The highest BCUT2D eigenvalue weighted by Gasteiger charge is 2.17. The number of anilines is 1. The second kappa shape index (κ2) is 6.75. The Bertz CT molecular complexity index is 446. The molecule has 0 saturated carbocycles. The Morgan fingerprint density at radius 3 is 2.63 bits per heavy atom. The van der Waals surface area contributed by atoms with Crippen LogP contribution >= 0.6 is 11.6 Å². The quantitative estimate of drug-likeness (QED) is 0.788. The first-order valence-electron chi connectivity index (χ1n) is 6.57. The van der Waals surface area contributed by atoms with Crippen molar-refractivity contribution < 1.29 is 4.79 Å². The average Bonchev–Trinajstić information content (AvgIpc) is 2.36. The number of nitrogens with one attached hydrogen (secondary N) is 2. The number of carbonyl (C=O) groups excluding carboxylic acids is 1. The topological polar surface area (TPSA) is 54.0 Å². The standard InChI is InChI=1S/C14H22ClN3O/c1-5-14(3,4)9-17-13(19)10-7-11(15)18-12(8-10)16-6-2/h7-8H,5-6,9H2,1-4H3,(H,16,18)(H,17,19). The molecule has 1 amide bonds. The van der Waals surface area contributed by atoms with Crippen molar-refractivity contribution in [3.05, 3.63) is 22.8 Å². The number of nitrogens with zero attached hydrogens (tertiary/aromatic N) is 1.